The van der Waals surface area contributed by atoms with E-state index in [1.54, 1.807) is 12.2 Å². The van der Waals surface area contributed by atoms with E-state index in [9.17, 15) is 23.1 Å². The Morgan fingerprint density at radius 1 is 1.12 bits per heavy atom. The van der Waals surface area contributed by atoms with Crippen LogP contribution in [0, 0.1) is 29.6 Å². The Hall–Kier alpha value is -3.04. The van der Waals surface area contributed by atoms with E-state index >= 15 is 0 Å². The van der Waals surface area contributed by atoms with Crippen molar-refractivity contribution in [2.24, 2.45) is 29.6 Å². The molecule has 2 nitrogen and oxygen atoms in total. The first kappa shape index (κ1) is 32.9. The minimum Gasteiger partial charge on any atom is -0.478 e. The molecule has 0 aromatic rings. The van der Waals surface area contributed by atoms with Crippen molar-refractivity contribution >= 4 is 5.97 Å². The molecule has 0 bridgehead atoms. The minimum absolute atomic E-state index is 0.223. The van der Waals surface area contributed by atoms with Crippen LogP contribution in [0.25, 0.3) is 0 Å². The van der Waals surface area contributed by atoms with Crippen LogP contribution < -0.4 is 0 Å². The molecule has 4 aliphatic carbocycles. The van der Waals surface area contributed by atoms with Crippen molar-refractivity contribution in [1.29, 1.82) is 0 Å². The Morgan fingerprint density at radius 3 is 2.51 bits per heavy atom. The molecule has 0 spiro atoms. The average Bonchev–Trinajstić information content (AvgIpc) is 3.30. The van der Waals surface area contributed by atoms with Crippen LogP contribution >= 0.6 is 0 Å². The van der Waals surface area contributed by atoms with Crippen molar-refractivity contribution in [2.45, 2.75) is 97.1 Å². The lowest BCUT2D eigenvalue weighted by Gasteiger charge is -2.40. The highest BCUT2D eigenvalue weighted by molar-refractivity contribution is 5.90. The third-order valence-electron chi connectivity index (χ3n) is 9.76. The number of alkyl halides is 3. The molecule has 0 amide bonds. The maximum atomic E-state index is 13.1. The maximum absolute atomic E-state index is 13.1. The number of carboxylic acids is 1. The molecule has 232 valence electrons. The molecule has 1 N–H and O–H groups in total. The van der Waals surface area contributed by atoms with Crippen LogP contribution in [0.2, 0.25) is 0 Å². The second kappa shape index (κ2) is 15.1. The van der Waals surface area contributed by atoms with Crippen molar-refractivity contribution < 1.29 is 23.1 Å². The van der Waals surface area contributed by atoms with Gasteiger partial charge in [0.05, 0.1) is 11.5 Å². The van der Waals surface area contributed by atoms with E-state index in [0.29, 0.717) is 49.0 Å². The molecule has 1 unspecified atom stereocenters. The molecule has 5 heteroatoms. The first-order valence-corrected chi connectivity index (χ1v) is 16.1. The molecule has 2 fully saturated rings. The fraction of sp³-hybridized carbons (Fsp3) is 0.526. The van der Waals surface area contributed by atoms with Gasteiger partial charge in [0.2, 0.25) is 0 Å². The van der Waals surface area contributed by atoms with Crippen molar-refractivity contribution in [1.82, 2.24) is 0 Å². The van der Waals surface area contributed by atoms with Gasteiger partial charge in [-0.05, 0) is 149 Å². The number of allylic oxidation sites excluding steroid dienone is 12. The zero-order chi connectivity index (χ0) is 31.0. The molecule has 0 aromatic carbocycles. The Kier molecular flexibility index (Phi) is 11.5. The van der Waals surface area contributed by atoms with E-state index in [2.05, 4.69) is 36.6 Å². The number of hydrogen-bond acceptors (Lipinski definition) is 1. The first-order chi connectivity index (χ1) is 20.5. The second-order valence-corrected chi connectivity index (χ2v) is 13.0. The number of carboxylic acid groups (broad SMARTS) is 1. The summed E-state index contributed by atoms with van der Waals surface area (Å²) in [5, 5.41) is 9.63. The maximum Gasteiger partial charge on any atom is 0.391 e. The van der Waals surface area contributed by atoms with E-state index in [4.69, 9.17) is 0 Å². The quantitative estimate of drug-likeness (QED) is 0.156. The van der Waals surface area contributed by atoms with Crippen LogP contribution in [-0.4, -0.2) is 17.3 Å². The van der Waals surface area contributed by atoms with Crippen LogP contribution in [0.1, 0.15) is 90.9 Å². The van der Waals surface area contributed by atoms with Gasteiger partial charge in [0, 0.05) is 0 Å². The van der Waals surface area contributed by atoms with E-state index in [1.807, 2.05) is 32.1 Å². The number of halogens is 3. The molecule has 43 heavy (non-hydrogen) atoms. The number of carbonyl (C=O) groups is 1. The Labute approximate surface area is 255 Å². The summed E-state index contributed by atoms with van der Waals surface area (Å²) in [5.41, 5.74) is 9.51. The molecule has 0 saturated heterocycles. The molecular weight excluding hydrogens is 545 g/mol. The predicted octanol–water partition coefficient (Wildman–Crippen LogP) is 10.9. The number of aliphatic carboxylic acids is 1. The van der Waals surface area contributed by atoms with Gasteiger partial charge in [-0.1, -0.05) is 54.7 Å². The molecule has 2 saturated carbocycles. The van der Waals surface area contributed by atoms with Crippen LogP contribution in [0.5, 0.6) is 0 Å². The molecule has 0 aliphatic heterocycles. The Morgan fingerprint density at radius 2 is 1.86 bits per heavy atom. The lowest BCUT2D eigenvalue weighted by atomic mass is 9.65. The van der Waals surface area contributed by atoms with E-state index < -0.39 is 18.1 Å². The highest BCUT2D eigenvalue weighted by Gasteiger charge is 2.42. The lowest BCUT2D eigenvalue weighted by Crippen LogP contribution is -2.31. The van der Waals surface area contributed by atoms with Crippen LogP contribution in [0.3, 0.4) is 0 Å². The van der Waals surface area contributed by atoms with Crippen molar-refractivity contribution in [2.75, 3.05) is 0 Å². The van der Waals surface area contributed by atoms with Gasteiger partial charge >= 0.3 is 12.1 Å². The largest absolute Gasteiger partial charge is 0.478 e. The first-order valence-electron chi connectivity index (χ1n) is 16.1. The second-order valence-electron chi connectivity index (χ2n) is 13.0. The highest BCUT2D eigenvalue weighted by atomic mass is 19.4. The summed E-state index contributed by atoms with van der Waals surface area (Å²) in [5.74, 6) is -0.300. The molecule has 4 rings (SSSR count). The lowest BCUT2D eigenvalue weighted by molar-refractivity contribution is -0.184. The fourth-order valence-corrected chi connectivity index (χ4v) is 7.24. The van der Waals surface area contributed by atoms with Gasteiger partial charge in [0.25, 0.3) is 0 Å². The van der Waals surface area contributed by atoms with E-state index in [0.717, 1.165) is 62.5 Å². The van der Waals surface area contributed by atoms with Crippen LogP contribution in [0.15, 0.2) is 100 Å². The Balaban J connectivity index is 1.39. The fourth-order valence-electron chi connectivity index (χ4n) is 7.24. The van der Waals surface area contributed by atoms with Gasteiger partial charge in [-0.25, -0.2) is 4.79 Å². The standard InChI is InChI=1S/C38H47F3O2/c1-4-6-10-31(35-23-30(24-35)20-28-13-16-36(17-14-28)38(39,40)41)21-27(5-2)19-29-9-7-8-11-32(22-29)34-18-26(3)12-15-33(25-34)37(42)43/h4-6,9-10,12,15,21,25,28,30,32,35-36H,2,7-8,11,13-14,16-17,19-20,22-24H2,1,3H3,(H,42,43)/b6-4+,27-21+,31-10+/t28-,30?,32?,35?,36-. The van der Waals surface area contributed by atoms with Gasteiger partial charge in [0.15, 0.2) is 0 Å². The van der Waals surface area contributed by atoms with Crippen molar-refractivity contribution in [3.63, 3.8) is 0 Å². The predicted molar refractivity (Wildman–Crippen MR) is 169 cm³/mol. The van der Waals surface area contributed by atoms with Crippen LogP contribution in [-0.2, 0) is 4.79 Å². The number of rotatable bonds is 10. The van der Waals surface area contributed by atoms with Gasteiger partial charge in [-0.3, -0.25) is 0 Å². The summed E-state index contributed by atoms with van der Waals surface area (Å²) in [7, 11) is 0. The summed E-state index contributed by atoms with van der Waals surface area (Å²) in [4.78, 5) is 11.7. The molecule has 4 aliphatic rings. The smallest absolute Gasteiger partial charge is 0.391 e. The SMILES string of the molecule is C=C\C(=C/C(=C\C=C\C)C1CC(C[C@H]2CC[C@H](C(F)(F)F)CC2)C1)CC1=CCCCC(C2=C=C(C)C=CC(C(=O)O)=C2)C1. The van der Waals surface area contributed by atoms with Gasteiger partial charge in [-0.15, -0.1) is 5.73 Å². The number of hydrogen-bond donors (Lipinski definition) is 1. The topological polar surface area (TPSA) is 37.3 Å². The highest BCUT2D eigenvalue weighted by Crippen LogP contribution is 2.47. The summed E-state index contributed by atoms with van der Waals surface area (Å²) in [6, 6.07) is 0. The van der Waals surface area contributed by atoms with Gasteiger partial charge in [0.1, 0.15) is 0 Å². The Bertz CT molecular complexity index is 1280. The summed E-state index contributed by atoms with van der Waals surface area (Å²) < 4.78 is 39.2. The molecular formula is C38H47F3O2. The summed E-state index contributed by atoms with van der Waals surface area (Å²) in [6.07, 6.45) is 24.2. The molecule has 0 radical (unpaired) electrons. The van der Waals surface area contributed by atoms with Crippen LogP contribution in [0.4, 0.5) is 13.2 Å². The molecule has 1 atom stereocenters. The average molecular weight is 593 g/mol. The van der Waals surface area contributed by atoms with Crippen molar-refractivity contribution in [3.05, 3.63) is 100 Å². The van der Waals surface area contributed by atoms with Gasteiger partial charge in [-0.2, -0.15) is 13.2 Å². The summed E-state index contributed by atoms with van der Waals surface area (Å²) >= 11 is 0. The third kappa shape index (κ3) is 9.47. The van der Waals surface area contributed by atoms with E-state index in [1.165, 1.54) is 16.7 Å². The molecule has 0 aromatic heterocycles. The normalized spacial score (nSPS) is 29.1. The van der Waals surface area contributed by atoms with E-state index in [-0.39, 0.29) is 5.92 Å². The van der Waals surface area contributed by atoms with Gasteiger partial charge < -0.3 is 5.11 Å². The zero-order valence-electron chi connectivity index (χ0n) is 25.8. The minimum atomic E-state index is -4.04. The summed E-state index contributed by atoms with van der Waals surface area (Å²) in [6.45, 7) is 8.11. The third-order valence-corrected chi connectivity index (χ3v) is 9.76. The molecule has 0 heterocycles. The zero-order valence-corrected chi connectivity index (χ0v) is 25.8. The van der Waals surface area contributed by atoms with Crippen molar-refractivity contribution in [3.8, 4) is 0 Å². The monoisotopic (exact) mass is 592 g/mol.